The first-order valence-corrected chi connectivity index (χ1v) is 6.31. The zero-order valence-corrected chi connectivity index (χ0v) is 11.3. The summed E-state index contributed by atoms with van der Waals surface area (Å²) in [5.74, 6) is 0.421. The van der Waals surface area contributed by atoms with Gasteiger partial charge < -0.3 is 18.9 Å². The van der Waals surface area contributed by atoms with Crippen molar-refractivity contribution < 1.29 is 18.9 Å². The van der Waals surface area contributed by atoms with E-state index in [2.05, 4.69) is 13.2 Å². The van der Waals surface area contributed by atoms with Crippen molar-refractivity contribution in [2.45, 2.75) is 37.6 Å². The van der Waals surface area contributed by atoms with Crippen molar-refractivity contribution in [2.75, 3.05) is 20.8 Å². The summed E-state index contributed by atoms with van der Waals surface area (Å²) in [6, 6.07) is 0. The van der Waals surface area contributed by atoms with Crippen molar-refractivity contribution in [3.8, 4) is 0 Å². The Hall–Kier alpha value is -1.00. The lowest BCUT2D eigenvalue weighted by molar-refractivity contribution is -0.0880. The van der Waals surface area contributed by atoms with E-state index in [1.165, 1.54) is 12.5 Å². The highest BCUT2D eigenvalue weighted by Gasteiger charge is 2.35. The Kier molecular flexibility index (Phi) is 6.83. The predicted octanol–water partition coefficient (Wildman–Crippen LogP) is 2.51. The molecule has 0 heterocycles. The third-order valence-corrected chi connectivity index (χ3v) is 3.55. The molecule has 1 fully saturated rings. The summed E-state index contributed by atoms with van der Waals surface area (Å²) in [6.45, 7) is 7.68. The van der Waals surface area contributed by atoms with Gasteiger partial charge in [0.25, 0.3) is 0 Å². The Bertz CT molecular complexity index is 252. The second kappa shape index (κ2) is 8.16. The normalized spacial score (nSPS) is 29.3. The first-order valence-electron chi connectivity index (χ1n) is 6.31. The SMILES string of the molecule is C=COCC(OC)C1CCC(OC=C)C(OC)C1. The summed E-state index contributed by atoms with van der Waals surface area (Å²) >= 11 is 0. The minimum atomic E-state index is 0.0744. The number of ether oxygens (including phenoxy) is 4. The molecular formula is C14H24O4. The molecule has 0 bridgehead atoms. The van der Waals surface area contributed by atoms with Gasteiger partial charge in [-0.15, -0.1) is 0 Å². The molecule has 0 amide bonds. The average molecular weight is 256 g/mol. The highest BCUT2D eigenvalue weighted by atomic mass is 16.5. The van der Waals surface area contributed by atoms with E-state index in [-0.39, 0.29) is 18.3 Å². The summed E-state index contributed by atoms with van der Waals surface area (Å²) in [7, 11) is 3.43. The molecule has 0 saturated heterocycles. The van der Waals surface area contributed by atoms with Crippen LogP contribution in [-0.2, 0) is 18.9 Å². The lowest BCUT2D eigenvalue weighted by Gasteiger charge is -2.37. The lowest BCUT2D eigenvalue weighted by Crippen LogP contribution is -2.41. The smallest absolute Gasteiger partial charge is 0.124 e. The average Bonchev–Trinajstić information content (AvgIpc) is 2.41. The van der Waals surface area contributed by atoms with Gasteiger partial charge in [0.05, 0.1) is 24.7 Å². The number of hydrogen-bond acceptors (Lipinski definition) is 4. The van der Waals surface area contributed by atoms with E-state index in [0.717, 1.165) is 19.3 Å². The molecule has 0 N–H and O–H groups in total. The van der Waals surface area contributed by atoms with E-state index in [9.17, 15) is 0 Å². The maximum Gasteiger partial charge on any atom is 0.124 e. The van der Waals surface area contributed by atoms with Crippen molar-refractivity contribution in [2.24, 2.45) is 5.92 Å². The molecule has 4 atom stereocenters. The van der Waals surface area contributed by atoms with E-state index in [1.54, 1.807) is 14.2 Å². The van der Waals surface area contributed by atoms with Gasteiger partial charge in [0.2, 0.25) is 0 Å². The van der Waals surface area contributed by atoms with Crippen LogP contribution < -0.4 is 0 Å². The van der Waals surface area contributed by atoms with Crippen LogP contribution in [0.3, 0.4) is 0 Å². The van der Waals surface area contributed by atoms with Gasteiger partial charge in [-0.05, 0) is 25.2 Å². The maximum atomic E-state index is 5.50. The molecule has 4 unspecified atom stereocenters. The maximum absolute atomic E-state index is 5.50. The van der Waals surface area contributed by atoms with Gasteiger partial charge in [-0.2, -0.15) is 0 Å². The minimum Gasteiger partial charge on any atom is -0.499 e. The Morgan fingerprint density at radius 2 is 1.94 bits per heavy atom. The highest BCUT2D eigenvalue weighted by Crippen LogP contribution is 2.31. The Labute approximate surface area is 110 Å². The van der Waals surface area contributed by atoms with Crippen molar-refractivity contribution in [3.05, 3.63) is 25.7 Å². The number of hydrogen-bond donors (Lipinski definition) is 0. The first-order chi connectivity index (χ1) is 8.76. The van der Waals surface area contributed by atoms with Gasteiger partial charge in [-0.25, -0.2) is 0 Å². The zero-order chi connectivity index (χ0) is 13.4. The molecule has 4 nitrogen and oxygen atoms in total. The molecule has 1 saturated carbocycles. The lowest BCUT2D eigenvalue weighted by atomic mass is 9.82. The van der Waals surface area contributed by atoms with Crippen LogP contribution in [0.1, 0.15) is 19.3 Å². The van der Waals surface area contributed by atoms with E-state index in [1.807, 2.05) is 0 Å². The molecule has 1 rings (SSSR count). The van der Waals surface area contributed by atoms with Crippen LogP contribution >= 0.6 is 0 Å². The van der Waals surface area contributed by atoms with Crippen LogP contribution in [0, 0.1) is 5.92 Å². The third-order valence-electron chi connectivity index (χ3n) is 3.55. The van der Waals surface area contributed by atoms with Crippen molar-refractivity contribution >= 4 is 0 Å². The van der Waals surface area contributed by atoms with Crippen LogP contribution in [0.25, 0.3) is 0 Å². The van der Waals surface area contributed by atoms with E-state index in [0.29, 0.717) is 12.5 Å². The minimum absolute atomic E-state index is 0.0744. The second-order valence-corrected chi connectivity index (χ2v) is 4.46. The first kappa shape index (κ1) is 15.1. The molecule has 0 spiro atoms. The standard InChI is InChI=1S/C14H24O4/c1-5-17-10-14(16-4)11-7-8-12(18-6-2)13(9-11)15-3/h5-6,11-14H,1-2,7-10H2,3-4H3. The van der Waals surface area contributed by atoms with Crippen LogP contribution in [0.5, 0.6) is 0 Å². The molecule has 1 aliphatic rings. The summed E-state index contributed by atoms with van der Waals surface area (Å²) in [5.41, 5.74) is 0. The highest BCUT2D eigenvalue weighted by molar-refractivity contribution is 4.86. The van der Waals surface area contributed by atoms with Gasteiger partial charge in [-0.1, -0.05) is 13.2 Å². The van der Waals surface area contributed by atoms with Gasteiger partial charge in [0.15, 0.2) is 0 Å². The molecule has 1 aliphatic carbocycles. The fraction of sp³-hybridized carbons (Fsp3) is 0.714. The molecule has 4 heteroatoms. The van der Waals surface area contributed by atoms with Gasteiger partial charge >= 0.3 is 0 Å². The Morgan fingerprint density at radius 3 is 2.50 bits per heavy atom. The quantitative estimate of drug-likeness (QED) is 0.625. The summed E-state index contributed by atoms with van der Waals surface area (Å²) < 4.78 is 21.7. The molecule has 0 aromatic heterocycles. The molecule has 18 heavy (non-hydrogen) atoms. The van der Waals surface area contributed by atoms with Crippen molar-refractivity contribution in [1.82, 2.24) is 0 Å². The summed E-state index contributed by atoms with van der Waals surface area (Å²) in [6.07, 6.45) is 6.10. The van der Waals surface area contributed by atoms with Crippen LogP contribution in [0.2, 0.25) is 0 Å². The second-order valence-electron chi connectivity index (χ2n) is 4.46. The molecule has 0 radical (unpaired) electrons. The monoisotopic (exact) mass is 256 g/mol. The van der Waals surface area contributed by atoms with Crippen LogP contribution in [0.4, 0.5) is 0 Å². The van der Waals surface area contributed by atoms with E-state index < -0.39 is 0 Å². The van der Waals surface area contributed by atoms with Crippen molar-refractivity contribution in [1.29, 1.82) is 0 Å². The molecule has 0 aromatic carbocycles. The van der Waals surface area contributed by atoms with E-state index in [4.69, 9.17) is 18.9 Å². The molecule has 0 aromatic rings. The van der Waals surface area contributed by atoms with E-state index >= 15 is 0 Å². The van der Waals surface area contributed by atoms with Crippen LogP contribution in [0.15, 0.2) is 25.7 Å². The fourth-order valence-electron chi connectivity index (χ4n) is 2.56. The summed E-state index contributed by atoms with van der Waals surface area (Å²) in [5, 5.41) is 0. The summed E-state index contributed by atoms with van der Waals surface area (Å²) in [4.78, 5) is 0. The fourth-order valence-corrected chi connectivity index (χ4v) is 2.56. The predicted molar refractivity (Wildman–Crippen MR) is 70.2 cm³/mol. The Morgan fingerprint density at radius 1 is 1.17 bits per heavy atom. The van der Waals surface area contributed by atoms with Gasteiger partial charge in [-0.3, -0.25) is 0 Å². The van der Waals surface area contributed by atoms with Gasteiger partial charge in [0.1, 0.15) is 12.7 Å². The number of methoxy groups -OCH3 is 2. The Balaban J connectivity index is 2.53. The topological polar surface area (TPSA) is 36.9 Å². The van der Waals surface area contributed by atoms with Crippen molar-refractivity contribution in [3.63, 3.8) is 0 Å². The molecule has 104 valence electrons. The van der Waals surface area contributed by atoms with Crippen LogP contribution in [-0.4, -0.2) is 39.1 Å². The molecule has 0 aliphatic heterocycles. The zero-order valence-electron chi connectivity index (χ0n) is 11.3. The molecular weight excluding hydrogens is 232 g/mol. The number of rotatable bonds is 8. The van der Waals surface area contributed by atoms with Gasteiger partial charge in [0, 0.05) is 14.2 Å². The third kappa shape index (κ3) is 4.03. The largest absolute Gasteiger partial charge is 0.499 e.